The van der Waals surface area contributed by atoms with Crippen molar-refractivity contribution in [1.29, 1.82) is 0 Å². The van der Waals surface area contributed by atoms with E-state index < -0.39 is 0 Å². The molecule has 1 fully saturated rings. The van der Waals surface area contributed by atoms with Gasteiger partial charge in [0, 0.05) is 25.6 Å². The fourth-order valence-electron chi connectivity index (χ4n) is 2.25. The third-order valence-electron chi connectivity index (χ3n) is 3.34. The maximum absolute atomic E-state index is 11.3. The quantitative estimate of drug-likeness (QED) is 0.673. The van der Waals surface area contributed by atoms with E-state index in [9.17, 15) is 4.79 Å². The second-order valence-corrected chi connectivity index (χ2v) is 4.66. The molecule has 1 saturated carbocycles. The van der Waals surface area contributed by atoms with Crippen LogP contribution in [0.25, 0.3) is 0 Å². The molecule has 4 nitrogen and oxygen atoms in total. The van der Waals surface area contributed by atoms with Crippen LogP contribution >= 0.6 is 0 Å². The van der Waals surface area contributed by atoms with E-state index in [1.807, 2.05) is 0 Å². The molecule has 0 heterocycles. The second kappa shape index (κ2) is 7.63. The molecule has 94 valence electrons. The summed E-state index contributed by atoms with van der Waals surface area (Å²) >= 11 is 0. The van der Waals surface area contributed by atoms with Crippen LogP contribution in [-0.2, 0) is 4.79 Å². The smallest absolute Gasteiger partial charge is 0.220 e. The van der Waals surface area contributed by atoms with Gasteiger partial charge in [-0.25, -0.2) is 0 Å². The summed E-state index contributed by atoms with van der Waals surface area (Å²) < 4.78 is 0. The predicted octanol–water partition coefficient (Wildman–Crippen LogP) is 0.716. The van der Waals surface area contributed by atoms with Crippen LogP contribution in [0.3, 0.4) is 0 Å². The molecular formula is C12H25N3O. The van der Waals surface area contributed by atoms with Crippen LogP contribution in [0, 0.1) is 0 Å². The molecular weight excluding hydrogens is 202 g/mol. The van der Waals surface area contributed by atoms with Crippen molar-refractivity contribution in [2.24, 2.45) is 5.73 Å². The van der Waals surface area contributed by atoms with Crippen LogP contribution in [0.1, 0.15) is 38.5 Å². The van der Waals surface area contributed by atoms with Crippen molar-refractivity contribution < 1.29 is 4.79 Å². The van der Waals surface area contributed by atoms with Crippen molar-refractivity contribution in [3.8, 4) is 0 Å². The lowest BCUT2D eigenvalue weighted by molar-refractivity contribution is -0.121. The van der Waals surface area contributed by atoms with Gasteiger partial charge in [-0.3, -0.25) is 4.79 Å². The van der Waals surface area contributed by atoms with Gasteiger partial charge in [-0.05, 0) is 32.9 Å². The fourth-order valence-corrected chi connectivity index (χ4v) is 2.25. The molecule has 1 amide bonds. The molecule has 0 saturated heterocycles. The summed E-state index contributed by atoms with van der Waals surface area (Å²) in [6, 6.07) is 0.737. The van der Waals surface area contributed by atoms with E-state index in [0.717, 1.165) is 25.6 Å². The van der Waals surface area contributed by atoms with Crippen LogP contribution in [0.2, 0.25) is 0 Å². The molecule has 0 bridgehead atoms. The van der Waals surface area contributed by atoms with E-state index in [2.05, 4.69) is 17.3 Å². The van der Waals surface area contributed by atoms with Crippen LogP contribution in [-0.4, -0.2) is 43.5 Å². The third-order valence-corrected chi connectivity index (χ3v) is 3.34. The van der Waals surface area contributed by atoms with Gasteiger partial charge in [0.2, 0.25) is 5.91 Å². The number of hydrogen-bond donors (Lipinski definition) is 2. The van der Waals surface area contributed by atoms with Gasteiger partial charge in [0.05, 0.1) is 0 Å². The minimum atomic E-state index is 0.130. The van der Waals surface area contributed by atoms with Gasteiger partial charge in [0.15, 0.2) is 0 Å². The summed E-state index contributed by atoms with van der Waals surface area (Å²) in [5, 5.41) is 2.94. The SMILES string of the molecule is CN(CCNC(=O)CCCN)C1CCCC1. The Morgan fingerprint density at radius 2 is 2.12 bits per heavy atom. The van der Waals surface area contributed by atoms with E-state index in [0.29, 0.717) is 13.0 Å². The molecule has 0 aromatic carbocycles. The summed E-state index contributed by atoms with van der Waals surface area (Å²) in [6.07, 6.45) is 6.69. The largest absolute Gasteiger partial charge is 0.355 e. The number of nitrogens with two attached hydrogens (primary N) is 1. The van der Waals surface area contributed by atoms with Crippen LogP contribution < -0.4 is 11.1 Å². The highest BCUT2D eigenvalue weighted by molar-refractivity contribution is 5.75. The molecule has 1 rings (SSSR count). The predicted molar refractivity (Wildman–Crippen MR) is 66.2 cm³/mol. The zero-order chi connectivity index (χ0) is 11.8. The third kappa shape index (κ3) is 4.94. The van der Waals surface area contributed by atoms with Gasteiger partial charge in [0.25, 0.3) is 0 Å². The number of amides is 1. The van der Waals surface area contributed by atoms with Crippen molar-refractivity contribution in [2.75, 3.05) is 26.7 Å². The van der Waals surface area contributed by atoms with E-state index >= 15 is 0 Å². The molecule has 16 heavy (non-hydrogen) atoms. The first kappa shape index (κ1) is 13.5. The zero-order valence-electron chi connectivity index (χ0n) is 10.4. The van der Waals surface area contributed by atoms with E-state index in [4.69, 9.17) is 5.73 Å². The Kier molecular flexibility index (Phi) is 6.42. The minimum Gasteiger partial charge on any atom is -0.355 e. The number of rotatable bonds is 7. The molecule has 3 N–H and O–H groups in total. The Morgan fingerprint density at radius 1 is 1.44 bits per heavy atom. The number of carbonyl (C=O) groups excluding carboxylic acids is 1. The van der Waals surface area contributed by atoms with Gasteiger partial charge in [-0.15, -0.1) is 0 Å². The maximum atomic E-state index is 11.3. The summed E-state index contributed by atoms with van der Waals surface area (Å²) in [6.45, 7) is 2.31. The van der Waals surface area contributed by atoms with E-state index in [1.54, 1.807) is 0 Å². The lowest BCUT2D eigenvalue weighted by atomic mass is 10.2. The highest BCUT2D eigenvalue weighted by Crippen LogP contribution is 2.21. The molecule has 0 radical (unpaired) electrons. The fraction of sp³-hybridized carbons (Fsp3) is 0.917. The van der Waals surface area contributed by atoms with Crippen molar-refractivity contribution in [1.82, 2.24) is 10.2 Å². The lowest BCUT2D eigenvalue weighted by Crippen LogP contribution is -2.37. The summed E-state index contributed by atoms with van der Waals surface area (Å²) in [7, 11) is 2.15. The van der Waals surface area contributed by atoms with Crippen LogP contribution in [0.5, 0.6) is 0 Å². The topological polar surface area (TPSA) is 58.4 Å². The average molecular weight is 227 g/mol. The van der Waals surface area contributed by atoms with Gasteiger partial charge < -0.3 is 16.0 Å². The Bertz CT molecular complexity index is 202. The molecule has 0 atom stereocenters. The van der Waals surface area contributed by atoms with Gasteiger partial charge in [-0.2, -0.15) is 0 Å². The molecule has 0 aromatic rings. The second-order valence-electron chi connectivity index (χ2n) is 4.66. The summed E-state index contributed by atoms with van der Waals surface area (Å²) in [4.78, 5) is 13.7. The first-order chi connectivity index (χ1) is 7.74. The molecule has 1 aliphatic rings. The number of carbonyl (C=O) groups is 1. The number of nitrogens with zero attached hydrogens (tertiary/aromatic N) is 1. The molecule has 0 spiro atoms. The number of nitrogens with one attached hydrogen (secondary N) is 1. The molecule has 0 unspecified atom stereocenters. The lowest BCUT2D eigenvalue weighted by Gasteiger charge is -2.23. The maximum Gasteiger partial charge on any atom is 0.220 e. The monoisotopic (exact) mass is 227 g/mol. The first-order valence-electron chi connectivity index (χ1n) is 6.41. The summed E-state index contributed by atoms with van der Waals surface area (Å²) in [5.74, 6) is 0.130. The van der Waals surface area contributed by atoms with Gasteiger partial charge in [-0.1, -0.05) is 12.8 Å². The van der Waals surface area contributed by atoms with Crippen molar-refractivity contribution in [2.45, 2.75) is 44.6 Å². The minimum absolute atomic E-state index is 0.130. The van der Waals surface area contributed by atoms with Crippen molar-refractivity contribution in [3.63, 3.8) is 0 Å². The molecule has 0 aliphatic heterocycles. The average Bonchev–Trinajstić information content (AvgIpc) is 2.79. The first-order valence-corrected chi connectivity index (χ1v) is 6.41. The highest BCUT2D eigenvalue weighted by atomic mass is 16.1. The van der Waals surface area contributed by atoms with Crippen LogP contribution in [0.15, 0.2) is 0 Å². The Morgan fingerprint density at radius 3 is 2.75 bits per heavy atom. The van der Waals surface area contributed by atoms with Crippen molar-refractivity contribution in [3.05, 3.63) is 0 Å². The van der Waals surface area contributed by atoms with Gasteiger partial charge >= 0.3 is 0 Å². The van der Waals surface area contributed by atoms with E-state index in [-0.39, 0.29) is 5.91 Å². The Balaban J connectivity index is 2.03. The Labute approximate surface area is 98.6 Å². The van der Waals surface area contributed by atoms with Crippen LogP contribution in [0.4, 0.5) is 0 Å². The van der Waals surface area contributed by atoms with Gasteiger partial charge in [0.1, 0.15) is 0 Å². The zero-order valence-corrected chi connectivity index (χ0v) is 10.4. The van der Waals surface area contributed by atoms with E-state index in [1.165, 1.54) is 25.7 Å². The number of likely N-dealkylation sites (N-methyl/N-ethyl adjacent to an activating group) is 1. The highest BCUT2D eigenvalue weighted by Gasteiger charge is 2.18. The summed E-state index contributed by atoms with van der Waals surface area (Å²) in [5.41, 5.74) is 5.35. The normalized spacial score (nSPS) is 16.9. The molecule has 0 aromatic heterocycles. The standard InChI is InChI=1S/C12H25N3O/c1-15(11-5-2-3-6-11)10-9-14-12(16)7-4-8-13/h11H,2-10,13H2,1H3,(H,14,16). The molecule has 1 aliphatic carbocycles. The van der Waals surface area contributed by atoms with Crippen molar-refractivity contribution >= 4 is 5.91 Å². The number of hydrogen-bond acceptors (Lipinski definition) is 3. The Hall–Kier alpha value is -0.610. The molecule has 4 heteroatoms.